The second-order valence-corrected chi connectivity index (χ2v) is 6.26. The first-order chi connectivity index (χ1) is 10.7. The molecule has 2 aromatic rings. The van der Waals surface area contributed by atoms with Crippen molar-refractivity contribution in [2.75, 3.05) is 6.54 Å². The molecule has 0 saturated heterocycles. The molecule has 0 spiro atoms. The second kappa shape index (κ2) is 6.44. The van der Waals surface area contributed by atoms with Crippen molar-refractivity contribution in [3.05, 3.63) is 30.2 Å². The zero-order chi connectivity index (χ0) is 15.4. The van der Waals surface area contributed by atoms with E-state index >= 15 is 0 Å². The van der Waals surface area contributed by atoms with Gasteiger partial charge in [-0.1, -0.05) is 25.3 Å². The van der Waals surface area contributed by atoms with Crippen molar-refractivity contribution in [3.8, 4) is 0 Å². The van der Waals surface area contributed by atoms with Crippen LogP contribution in [-0.4, -0.2) is 27.0 Å². The highest BCUT2D eigenvalue weighted by atomic mass is 16.1. The number of carbonyl (C=O) groups is 1. The highest BCUT2D eigenvalue weighted by Gasteiger charge is 2.32. The number of nitrogens with zero attached hydrogens (tertiary/aromatic N) is 3. The number of pyridine rings is 1. The average molecular weight is 301 g/mol. The molecule has 118 valence electrons. The maximum atomic E-state index is 12.3. The summed E-state index contributed by atoms with van der Waals surface area (Å²) in [7, 11) is 0. The van der Waals surface area contributed by atoms with Crippen LogP contribution in [0.1, 0.15) is 44.3 Å². The molecule has 6 nitrogen and oxygen atoms in total. The molecule has 3 N–H and O–H groups in total. The summed E-state index contributed by atoms with van der Waals surface area (Å²) in [5, 5.41) is 11.2. The zero-order valence-corrected chi connectivity index (χ0v) is 12.8. The zero-order valence-electron chi connectivity index (χ0n) is 12.8. The van der Waals surface area contributed by atoms with Gasteiger partial charge in [-0.25, -0.2) is 0 Å². The van der Waals surface area contributed by atoms with Gasteiger partial charge in [0.05, 0.1) is 6.54 Å². The van der Waals surface area contributed by atoms with Gasteiger partial charge in [0.2, 0.25) is 5.91 Å². The maximum absolute atomic E-state index is 12.3. The van der Waals surface area contributed by atoms with Gasteiger partial charge in [-0.3, -0.25) is 9.20 Å². The van der Waals surface area contributed by atoms with Gasteiger partial charge in [-0.2, -0.15) is 0 Å². The molecule has 1 aliphatic rings. The van der Waals surface area contributed by atoms with Crippen LogP contribution in [0.5, 0.6) is 0 Å². The summed E-state index contributed by atoms with van der Waals surface area (Å²) in [6.45, 7) is 0.985. The van der Waals surface area contributed by atoms with Crippen molar-refractivity contribution < 1.29 is 4.79 Å². The Morgan fingerprint density at radius 1 is 1.27 bits per heavy atom. The third-order valence-corrected chi connectivity index (χ3v) is 4.71. The van der Waals surface area contributed by atoms with Crippen molar-refractivity contribution in [2.45, 2.75) is 45.1 Å². The van der Waals surface area contributed by atoms with Crippen LogP contribution in [0.3, 0.4) is 0 Å². The van der Waals surface area contributed by atoms with Crippen molar-refractivity contribution in [1.82, 2.24) is 19.9 Å². The molecule has 1 fully saturated rings. The molecule has 2 aromatic heterocycles. The molecule has 1 amide bonds. The minimum Gasteiger partial charge on any atom is -0.349 e. The van der Waals surface area contributed by atoms with E-state index in [4.69, 9.17) is 5.73 Å². The minimum atomic E-state index is -0.00472. The van der Waals surface area contributed by atoms with E-state index in [1.165, 1.54) is 19.3 Å². The van der Waals surface area contributed by atoms with E-state index in [9.17, 15) is 4.79 Å². The summed E-state index contributed by atoms with van der Waals surface area (Å²) in [6, 6.07) is 5.73. The molecule has 22 heavy (non-hydrogen) atoms. The van der Waals surface area contributed by atoms with Crippen LogP contribution in [-0.2, 0) is 11.3 Å². The third kappa shape index (κ3) is 3.11. The molecule has 1 saturated carbocycles. The highest BCUT2D eigenvalue weighted by molar-refractivity contribution is 5.76. The van der Waals surface area contributed by atoms with E-state index in [1.807, 2.05) is 28.8 Å². The fourth-order valence-electron chi connectivity index (χ4n) is 3.35. The van der Waals surface area contributed by atoms with Crippen LogP contribution >= 0.6 is 0 Å². The highest BCUT2D eigenvalue weighted by Crippen LogP contribution is 2.38. The Kier molecular flexibility index (Phi) is 4.38. The predicted molar refractivity (Wildman–Crippen MR) is 84.0 cm³/mol. The van der Waals surface area contributed by atoms with Gasteiger partial charge in [-0.05, 0) is 36.9 Å². The van der Waals surface area contributed by atoms with Crippen molar-refractivity contribution >= 4 is 11.6 Å². The van der Waals surface area contributed by atoms with Crippen LogP contribution in [0.4, 0.5) is 0 Å². The number of hydrogen-bond donors (Lipinski definition) is 2. The van der Waals surface area contributed by atoms with E-state index in [1.54, 1.807) is 0 Å². The first-order valence-corrected chi connectivity index (χ1v) is 7.98. The fraction of sp³-hybridized carbons (Fsp3) is 0.562. The van der Waals surface area contributed by atoms with E-state index in [2.05, 4.69) is 15.5 Å². The second-order valence-electron chi connectivity index (χ2n) is 6.26. The summed E-state index contributed by atoms with van der Waals surface area (Å²) >= 11 is 0. The SMILES string of the molecule is NCC1(CC(=O)NCc2nnc3ccccn23)CCCCC1. The smallest absolute Gasteiger partial charge is 0.220 e. The van der Waals surface area contributed by atoms with Crippen molar-refractivity contribution in [2.24, 2.45) is 11.1 Å². The first kappa shape index (κ1) is 15.0. The molecule has 0 bridgehead atoms. The molecule has 0 aliphatic heterocycles. The molecular weight excluding hydrogens is 278 g/mol. The average Bonchev–Trinajstić information content (AvgIpc) is 2.97. The molecule has 0 unspecified atom stereocenters. The van der Waals surface area contributed by atoms with Gasteiger partial charge < -0.3 is 11.1 Å². The van der Waals surface area contributed by atoms with Gasteiger partial charge in [0, 0.05) is 12.6 Å². The number of hydrogen-bond acceptors (Lipinski definition) is 4. The largest absolute Gasteiger partial charge is 0.349 e. The Balaban J connectivity index is 1.60. The standard InChI is InChI=1S/C16H23N5O/c17-12-16(7-3-1-4-8-16)10-15(22)18-11-14-20-19-13-6-2-5-9-21(13)14/h2,5-6,9H,1,3-4,7-8,10-12,17H2,(H,18,22). The number of rotatable bonds is 5. The van der Waals surface area contributed by atoms with Gasteiger partial charge in [0.25, 0.3) is 0 Å². The van der Waals surface area contributed by atoms with Gasteiger partial charge in [0.15, 0.2) is 11.5 Å². The topological polar surface area (TPSA) is 85.3 Å². The Labute approximate surface area is 130 Å². The Morgan fingerprint density at radius 2 is 2.09 bits per heavy atom. The van der Waals surface area contributed by atoms with Crippen molar-refractivity contribution in [3.63, 3.8) is 0 Å². The van der Waals surface area contributed by atoms with Crippen LogP contribution < -0.4 is 11.1 Å². The summed E-state index contributed by atoms with van der Waals surface area (Å²) in [5.41, 5.74) is 6.73. The summed E-state index contributed by atoms with van der Waals surface area (Å²) < 4.78 is 1.89. The minimum absolute atomic E-state index is 0.00472. The first-order valence-electron chi connectivity index (χ1n) is 7.98. The lowest BCUT2D eigenvalue weighted by molar-refractivity contribution is -0.124. The molecule has 6 heteroatoms. The Morgan fingerprint density at radius 3 is 2.86 bits per heavy atom. The summed E-state index contributed by atoms with van der Waals surface area (Å²) in [6.07, 6.45) is 8.16. The number of nitrogens with two attached hydrogens (primary N) is 1. The lowest BCUT2D eigenvalue weighted by Crippen LogP contribution is -2.38. The van der Waals surface area contributed by atoms with Gasteiger partial charge >= 0.3 is 0 Å². The third-order valence-electron chi connectivity index (χ3n) is 4.71. The fourth-order valence-corrected chi connectivity index (χ4v) is 3.35. The predicted octanol–water partition coefficient (Wildman–Crippen LogP) is 1.64. The normalized spacial score (nSPS) is 17.5. The van der Waals surface area contributed by atoms with Crippen LogP contribution in [0, 0.1) is 5.41 Å². The lowest BCUT2D eigenvalue weighted by atomic mass is 9.71. The summed E-state index contributed by atoms with van der Waals surface area (Å²) in [4.78, 5) is 12.3. The maximum Gasteiger partial charge on any atom is 0.220 e. The number of aromatic nitrogens is 3. The molecule has 0 atom stereocenters. The number of carbonyl (C=O) groups excluding carboxylic acids is 1. The molecule has 2 heterocycles. The van der Waals surface area contributed by atoms with E-state index in [0.29, 0.717) is 19.5 Å². The number of amides is 1. The Bertz CT molecular complexity index is 645. The molecule has 1 aliphatic carbocycles. The van der Waals surface area contributed by atoms with Gasteiger partial charge in [-0.15, -0.1) is 10.2 Å². The molecular formula is C16H23N5O. The molecule has 3 rings (SSSR count). The summed E-state index contributed by atoms with van der Waals surface area (Å²) in [5.74, 6) is 0.800. The van der Waals surface area contributed by atoms with E-state index in [-0.39, 0.29) is 11.3 Å². The van der Waals surface area contributed by atoms with E-state index in [0.717, 1.165) is 24.3 Å². The lowest BCUT2D eigenvalue weighted by Gasteiger charge is -2.35. The quantitative estimate of drug-likeness (QED) is 0.879. The van der Waals surface area contributed by atoms with Gasteiger partial charge in [0.1, 0.15) is 0 Å². The van der Waals surface area contributed by atoms with Crippen LogP contribution in [0.25, 0.3) is 5.65 Å². The monoisotopic (exact) mass is 301 g/mol. The Hall–Kier alpha value is -1.95. The number of fused-ring (bicyclic) bond motifs is 1. The molecule has 0 aromatic carbocycles. The number of nitrogens with one attached hydrogen (secondary N) is 1. The van der Waals surface area contributed by atoms with Crippen LogP contribution in [0.15, 0.2) is 24.4 Å². The van der Waals surface area contributed by atoms with Crippen molar-refractivity contribution in [1.29, 1.82) is 0 Å². The molecule has 0 radical (unpaired) electrons. The van der Waals surface area contributed by atoms with Crippen LogP contribution in [0.2, 0.25) is 0 Å². The van der Waals surface area contributed by atoms with E-state index < -0.39 is 0 Å².